The number of methoxy groups -OCH3 is 1. The average molecular weight is 1450 g/mol. The SMILES string of the molecule is COC(=O)/C=C/c1ccc(OC(=O)C(CC([CH2][Co](=[O])[c]2ccccc2)c2ccccc2)ON2C(C)(C)CC(NC(=O)c3cc(N4C(=O)C5CC(C4=O)C4C(=O)N(c6cc(C)cc(OC(=O)/C=C/c7ccccc7)c6)C(=O)CC54)cc(N4C(=O)CC5C6CC(C(=O)N(C)C6=O)C5C4=O)c3)CC2(C)C)cc1. The second-order valence-corrected chi connectivity index (χ2v) is 30.9. The zero-order valence-electron chi connectivity index (χ0n) is 58.3. The van der Waals surface area contributed by atoms with Crippen LogP contribution in [0.4, 0.5) is 17.1 Å². The van der Waals surface area contributed by atoms with Gasteiger partial charge in [0.2, 0.25) is 47.3 Å². The van der Waals surface area contributed by atoms with E-state index in [0.29, 0.717) is 15.6 Å². The van der Waals surface area contributed by atoms with Crippen molar-refractivity contribution in [1.29, 1.82) is 0 Å². The minimum atomic E-state index is -1.95. The molecule has 10 atom stereocenters. The van der Waals surface area contributed by atoms with Crippen LogP contribution in [0.5, 0.6) is 11.5 Å². The molecule has 4 bridgehead atoms. The van der Waals surface area contributed by atoms with Crippen LogP contribution in [0.1, 0.15) is 111 Å². The van der Waals surface area contributed by atoms with E-state index in [4.69, 9.17) is 19.0 Å². The Hall–Kier alpha value is -10.5. The molecule has 1 N–H and O–H groups in total. The summed E-state index contributed by atoms with van der Waals surface area (Å²) in [5.74, 6) is -16.7. The summed E-state index contributed by atoms with van der Waals surface area (Å²) in [7, 11) is 2.61. The van der Waals surface area contributed by atoms with E-state index in [1.807, 2.05) is 94.4 Å². The molecule has 104 heavy (non-hydrogen) atoms. The third kappa shape index (κ3) is 14.2. The predicted molar refractivity (Wildman–Crippen MR) is 374 cm³/mol. The molecule has 9 amide bonds. The monoisotopic (exact) mass is 1450 g/mol. The first-order valence-electron chi connectivity index (χ1n) is 34.5. The van der Waals surface area contributed by atoms with Crippen LogP contribution in [-0.2, 0) is 79.8 Å². The number of piperidine rings is 5. The van der Waals surface area contributed by atoms with Crippen LogP contribution < -0.4 is 34.0 Å². The predicted octanol–water partition coefficient (Wildman–Crippen LogP) is 9.17. The molecule has 24 heteroatoms. The van der Waals surface area contributed by atoms with Gasteiger partial charge in [0.05, 0.1) is 47.8 Å². The zero-order chi connectivity index (χ0) is 73.8. The molecule has 13 rings (SSSR count). The summed E-state index contributed by atoms with van der Waals surface area (Å²) in [6.45, 7) is 9.20. The molecule has 539 valence electrons. The topological polar surface area (TPSA) is 287 Å². The van der Waals surface area contributed by atoms with E-state index in [9.17, 15) is 37.4 Å². The number of hydroxylamine groups is 2. The van der Waals surface area contributed by atoms with Crippen molar-refractivity contribution >= 4 is 105 Å². The maximum absolute atomic E-state index is 15.4. The number of hydrogen-bond donors (Lipinski definition) is 1. The fourth-order valence-corrected chi connectivity index (χ4v) is 18.4. The van der Waals surface area contributed by atoms with Gasteiger partial charge in [-0.2, -0.15) is 0 Å². The Kier molecular flexibility index (Phi) is 20.0. The Bertz CT molecular complexity index is 4580. The number of fused-ring (bicyclic) bond motifs is 10. The molecule has 5 heterocycles. The molecular formula is C80H78CoN6O17. The number of aryl methyl sites for hydroxylation is 1. The number of ether oxygens (including phenoxy) is 3. The van der Waals surface area contributed by atoms with Crippen LogP contribution in [0.25, 0.3) is 12.2 Å². The van der Waals surface area contributed by atoms with Gasteiger partial charge < -0.3 is 9.47 Å². The molecule has 0 radical (unpaired) electrons. The number of amides is 9. The van der Waals surface area contributed by atoms with Gasteiger partial charge in [0, 0.05) is 43.9 Å². The number of anilines is 3. The number of benzene rings is 6. The Balaban J connectivity index is 0.794. The molecule has 6 aromatic rings. The van der Waals surface area contributed by atoms with Gasteiger partial charge in [-0.3, -0.25) is 53.1 Å². The molecule has 0 aromatic heterocycles. The fourth-order valence-electron chi connectivity index (χ4n) is 16.7. The van der Waals surface area contributed by atoms with Crippen molar-refractivity contribution in [2.75, 3.05) is 28.9 Å². The molecule has 0 spiro atoms. The molecular weight excluding hydrogens is 1380 g/mol. The summed E-state index contributed by atoms with van der Waals surface area (Å²) in [5.41, 5.74) is 0.158. The van der Waals surface area contributed by atoms with Crippen LogP contribution in [0, 0.1) is 54.3 Å². The van der Waals surface area contributed by atoms with Gasteiger partial charge in [-0.15, -0.1) is 0 Å². The van der Waals surface area contributed by atoms with E-state index in [0.717, 1.165) is 30.7 Å². The fraction of sp³-hybridized carbons (Fsp3) is 0.350. The van der Waals surface area contributed by atoms with Gasteiger partial charge in [0.25, 0.3) is 0 Å². The first-order valence-corrected chi connectivity index (χ1v) is 36.2. The van der Waals surface area contributed by atoms with Crippen molar-refractivity contribution < 1.29 is 94.0 Å². The van der Waals surface area contributed by atoms with Gasteiger partial charge >= 0.3 is 276 Å². The third-order valence-corrected chi connectivity index (χ3v) is 23.0. The molecule has 23 nitrogen and oxygen atoms in total. The second-order valence-electron chi connectivity index (χ2n) is 28.9. The number of imide groups is 4. The quantitative estimate of drug-likeness (QED) is 0.0322. The van der Waals surface area contributed by atoms with Crippen molar-refractivity contribution in [3.05, 3.63) is 192 Å². The van der Waals surface area contributed by atoms with Crippen LogP contribution in [0.15, 0.2) is 164 Å². The van der Waals surface area contributed by atoms with Crippen LogP contribution in [-0.4, -0.2) is 118 Å². The molecule has 10 unspecified atom stereocenters. The first kappa shape index (κ1) is 71.8. The summed E-state index contributed by atoms with van der Waals surface area (Å²) >= 11 is -1.95. The van der Waals surface area contributed by atoms with Gasteiger partial charge in [0.1, 0.15) is 5.75 Å². The molecule has 5 aliphatic heterocycles. The molecule has 7 fully saturated rings. The zero-order valence-corrected chi connectivity index (χ0v) is 59.3. The summed E-state index contributed by atoms with van der Waals surface area (Å²) in [6, 6.07) is 41.6. The number of hydrogen-bond acceptors (Lipinski definition) is 18. The van der Waals surface area contributed by atoms with Crippen molar-refractivity contribution in [3.8, 4) is 11.5 Å². The Morgan fingerprint density at radius 3 is 1.67 bits per heavy atom. The molecule has 7 aliphatic rings. The Morgan fingerprint density at radius 1 is 0.567 bits per heavy atom. The van der Waals surface area contributed by atoms with E-state index in [-0.39, 0.29) is 84.4 Å². The number of nitrogens with one attached hydrogen (secondary N) is 1. The average Bonchev–Trinajstić information content (AvgIpc) is 1.56. The summed E-state index contributed by atoms with van der Waals surface area (Å²) in [6.07, 6.45) is 3.99. The first-order chi connectivity index (χ1) is 49.7. The maximum atomic E-state index is 15.4. The van der Waals surface area contributed by atoms with Crippen molar-refractivity contribution in [2.24, 2.45) is 47.3 Å². The van der Waals surface area contributed by atoms with Crippen molar-refractivity contribution in [2.45, 2.75) is 114 Å². The Labute approximate surface area is 604 Å². The second kappa shape index (κ2) is 29.0. The van der Waals surface area contributed by atoms with Crippen LogP contribution >= 0.6 is 0 Å². The Morgan fingerprint density at radius 2 is 1.08 bits per heavy atom. The third-order valence-electron chi connectivity index (χ3n) is 21.1. The minimum absolute atomic E-state index is 0.00827. The van der Waals surface area contributed by atoms with E-state index < -0.39 is 161 Å². The molecule has 6 aromatic carbocycles. The summed E-state index contributed by atoms with van der Waals surface area (Å²) in [5, 5.41) is 5.02. The van der Waals surface area contributed by atoms with Gasteiger partial charge in [0.15, 0.2) is 0 Å². The van der Waals surface area contributed by atoms with E-state index in [1.165, 1.54) is 50.6 Å². The van der Waals surface area contributed by atoms with Crippen LogP contribution in [0.3, 0.4) is 0 Å². The standard InChI is InChI=1S/C74H73N6O16.C6H5.Co.O/c1-40-27-47(33-51(28-40)94-62(84)26-22-42-15-11-9-12-16-42)77-59(81)37-53-55-35-57(64(53)71(77)91)69(89)79(68(55)88)49-31-45(30-48(32-49)78-60(82)36-52-54-34-56(63(52)70(78)90)67(87)76(7)66(54)86)65(85)75-46-38-73(3,4)80(74(5,6)39-46)96-58(29-41(2)44-17-13-10-14-18-44)72(92)95-50-23-19-43(20-24-50)21-25-61(83)93-8;1-2-4-6-5-3-1;;/h9-28,30-33,41,46,52-58,63-64H,2,29,34-39H2,1,3-8H3,(H,75,85);1-5H;;/b25-21+,26-22+;;;. The molecule has 2 saturated carbocycles. The molecule has 5 saturated heterocycles. The number of likely N-dealkylation sites (tertiary alicyclic amines) is 1. The number of carbonyl (C=O) groups excluding carboxylic acids is 12. The van der Waals surface area contributed by atoms with E-state index >= 15 is 24.0 Å². The summed E-state index contributed by atoms with van der Waals surface area (Å²) < 4.78 is 31.3. The van der Waals surface area contributed by atoms with Gasteiger partial charge in [-0.1, -0.05) is 30.3 Å². The number of nitrogens with zero attached hydrogens (tertiary/aromatic N) is 5. The normalized spacial score (nSPS) is 24.4. The van der Waals surface area contributed by atoms with E-state index in [2.05, 4.69) is 5.32 Å². The van der Waals surface area contributed by atoms with Gasteiger partial charge in [-0.25, -0.2) is 14.5 Å². The van der Waals surface area contributed by atoms with Crippen molar-refractivity contribution in [1.82, 2.24) is 15.3 Å². The van der Waals surface area contributed by atoms with E-state index in [1.54, 1.807) is 84.8 Å². The number of esters is 3. The molecule has 2 aliphatic carbocycles. The number of rotatable bonds is 20. The van der Waals surface area contributed by atoms with Gasteiger partial charge in [-0.05, 0) is 79.1 Å². The van der Waals surface area contributed by atoms with Crippen molar-refractivity contribution in [3.63, 3.8) is 0 Å². The number of carbonyl (C=O) groups is 12. The summed E-state index contributed by atoms with van der Waals surface area (Å²) in [4.78, 5) is 183. The van der Waals surface area contributed by atoms with Crippen LogP contribution in [0.2, 0.25) is 5.36 Å².